The first-order chi connectivity index (χ1) is 14.1. The highest BCUT2D eigenvalue weighted by Gasteiger charge is 2.10. The molecule has 29 heavy (non-hydrogen) atoms. The molecule has 0 saturated carbocycles. The third-order valence-electron chi connectivity index (χ3n) is 4.46. The van der Waals surface area contributed by atoms with Crippen LogP contribution in [0.15, 0.2) is 80.7 Å². The van der Waals surface area contributed by atoms with Crippen molar-refractivity contribution in [1.82, 2.24) is 9.78 Å². The molecule has 0 atom stereocenters. The lowest BCUT2D eigenvalue weighted by Gasteiger charge is -2.07. The van der Waals surface area contributed by atoms with Crippen LogP contribution >= 0.6 is 15.9 Å². The second-order valence-electron chi connectivity index (χ2n) is 6.52. The first-order valence-electron chi connectivity index (χ1n) is 9.05. The van der Waals surface area contributed by atoms with Crippen LogP contribution in [0.1, 0.15) is 17.5 Å². The Labute approximate surface area is 174 Å². The highest BCUT2D eigenvalue weighted by Crippen LogP contribution is 2.22. The maximum Gasteiger partial charge on any atom is 0.336 e. The van der Waals surface area contributed by atoms with E-state index in [1.165, 1.54) is 6.07 Å². The Hall–Kier alpha value is -3.19. The van der Waals surface area contributed by atoms with Crippen molar-refractivity contribution < 1.29 is 13.9 Å². The van der Waals surface area contributed by atoms with Gasteiger partial charge in [0.15, 0.2) is 0 Å². The number of carbonyl (C=O) groups excluding carboxylic acids is 1. The summed E-state index contributed by atoms with van der Waals surface area (Å²) in [6.45, 7) is 0.0197. The third kappa shape index (κ3) is 4.63. The smallest absolute Gasteiger partial charge is 0.336 e. The Balaban J connectivity index is 1.37. The maximum absolute atomic E-state index is 12.2. The second kappa shape index (κ2) is 8.45. The van der Waals surface area contributed by atoms with Crippen LogP contribution in [-0.2, 0) is 22.6 Å². The van der Waals surface area contributed by atoms with E-state index in [2.05, 4.69) is 21.0 Å². The molecule has 4 aromatic rings. The van der Waals surface area contributed by atoms with Crippen LogP contribution in [0.3, 0.4) is 0 Å². The fraction of sp³-hybridized carbons (Fsp3) is 0.136. The van der Waals surface area contributed by atoms with Gasteiger partial charge in [-0.1, -0.05) is 34.1 Å². The number of aromatic nitrogens is 2. The van der Waals surface area contributed by atoms with E-state index in [1.807, 2.05) is 48.7 Å². The van der Waals surface area contributed by atoms with Crippen molar-refractivity contribution in [1.29, 1.82) is 0 Å². The molecule has 0 fully saturated rings. The van der Waals surface area contributed by atoms with Gasteiger partial charge in [-0.2, -0.15) is 5.10 Å². The fourth-order valence-corrected chi connectivity index (χ4v) is 3.35. The number of para-hydroxylation sites is 1. The summed E-state index contributed by atoms with van der Waals surface area (Å²) in [4.78, 5) is 23.9. The van der Waals surface area contributed by atoms with Crippen molar-refractivity contribution in [2.75, 3.05) is 0 Å². The summed E-state index contributed by atoms with van der Waals surface area (Å²) < 4.78 is 13.2. The molecule has 2 aromatic heterocycles. The molecule has 0 saturated heterocycles. The molecular formula is C22H17BrN2O4. The number of carbonyl (C=O) groups is 1. The van der Waals surface area contributed by atoms with Gasteiger partial charge in [0.1, 0.15) is 12.2 Å². The minimum Gasteiger partial charge on any atom is -0.461 e. The minimum absolute atomic E-state index is 0.0197. The van der Waals surface area contributed by atoms with Crippen molar-refractivity contribution in [3.8, 4) is 5.69 Å². The highest BCUT2D eigenvalue weighted by molar-refractivity contribution is 9.10. The summed E-state index contributed by atoms with van der Waals surface area (Å²) in [5, 5.41) is 5.06. The molecule has 0 aliphatic rings. The van der Waals surface area contributed by atoms with Gasteiger partial charge in [0.2, 0.25) is 0 Å². The Morgan fingerprint density at radius 2 is 1.97 bits per heavy atom. The Kier molecular flexibility index (Phi) is 5.57. The molecule has 6 nitrogen and oxygen atoms in total. The summed E-state index contributed by atoms with van der Waals surface area (Å²) in [5.41, 5.74) is 2.50. The summed E-state index contributed by atoms with van der Waals surface area (Å²) in [6.07, 6.45) is 4.39. The normalized spacial score (nSPS) is 10.9. The highest BCUT2D eigenvalue weighted by atomic mass is 79.9. The molecule has 7 heteroatoms. The average molecular weight is 453 g/mol. The lowest BCUT2D eigenvalue weighted by atomic mass is 10.1. The molecule has 2 heterocycles. The maximum atomic E-state index is 12.2. The zero-order chi connectivity index (χ0) is 20.2. The van der Waals surface area contributed by atoms with Crippen LogP contribution < -0.4 is 5.63 Å². The lowest BCUT2D eigenvalue weighted by Crippen LogP contribution is -2.08. The number of nitrogens with zero attached hydrogens (tertiary/aromatic N) is 2. The molecule has 0 bridgehead atoms. The van der Waals surface area contributed by atoms with Crippen molar-refractivity contribution >= 4 is 32.9 Å². The van der Waals surface area contributed by atoms with Gasteiger partial charge < -0.3 is 9.15 Å². The van der Waals surface area contributed by atoms with Crippen LogP contribution in [0.2, 0.25) is 0 Å². The summed E-state index contributed by atoms with van der Waals surface area (Å²) in [7, 11) is 0. The van der Waals surface area contributed by atoms with E-state index in [0.29, 0.717) is 17.6 Å². The number of halogens is 1. The first kappa shape index (κ1) is 19.1. The van der Waals surface area contributed by atoms with E-state index >= 15 is 0 Å². The van der Waals surface area contributed by atoms with Crippen LogP contribution in [-0.4, -0.2) is 15.7 Å². The van der Waals surface area contributed by atoms with E-state index in [1.54, 1.807) is 16.9 Å². The van der Waals surface area contributed by atoms with E-state index in [9.17, 15) is 9.59 Å². The first-order valence-corrected chi connectivity index (χ1v) is 9.85. The van der Waals surface area contributed by atoms with E-state index < -0.39 is 5.63 Å². The number of rotatable bonds is 6. The molecular weight excluding hydrogens is 436 g/mol. The number of aryl methyl sites for hydroxylation is 1. The number of benzene rings is 2. The summed E-state index contributed by atoms with van der Waals surface area (Å²) >= 11 is 3.35. The van der Waals surface area contributed by atoms with Crippen molar-refractivity contribution in [3.63, 3.8) is 0 Å². The van der Waals surface area contributed by atoms with Crippen molar-refractivity contribution in [2.24, 2.45) is 0 Å². The van der Waals surface area contributed by atoms with Gasteiger partial charge >= 0.3 is 11.6 Å². The third-order valence-corrected chi connectivity index (χ3v) is 4.95. The number of hydrogen-bond acceptors (Lipinski definition) is 5. The molecule has 0 aliphatic heterocycles. The van der Waals surface area contributed by atoms with Crippen LogP contribution in [0, 0.1) is 0 Å². The van der Waals surface area contributed by atoms with E-state index in [4.69, 9.17) is 9.15 Å². The van der Waals surface area contributed by atoms with Gasteiger partial charge in [0, 0.05) is 34.1 Å². The average Bonchev–Trinajstić information content (AvgIpc) is 3.20. The molecule has 2 aromatic carbocycles. The van der Waals surface area contributed by atoms with Crippen LogP contribution in [0.5, 0.6) is 0 Å². The van der Waals surface area contributed by atoms with Crippen LogP contribution in [0.4, 0.5) is 0 Å². The largest absolute Gasteiger partial charge is 0.461 e. The molecule has 0 unspecified atom stereocenters. The standard InChI is InChI=1S/C22H17BrN2O4/c23-17-7-8-19-16(10-22(27)29-20(19)11-17)14-28-21(26)9-6-15-12-24-25(13-15)18-4-2-1-3-5-18/h1-5,7-8,10-13H,6,9,14H2. The predicted octanol–water partition coefficient (Wildman–Crippen LogP) is 4.42. The number of ether oxygens (including phenoxy) is 1. The van der Waals surface area contributed by atoms with Gasteiger partial charge in [-0.25, -0.2) is 9.48 Å². The molecule has 0 spiro atoms. The summed E-state index contributed by atoms with van der Waals surface area (Å²) in [6, 6.07) is 16.5. The van der Waals surface area contributed by atoms with Crippen molar-refractivity contribution in [3.05, 3.63) is 93.0 Å². The van der Waals surface area contributed by atoms with Crippen LogP contribution in [0.25, 0.3) is 16.7 Å². The van der Waals surface area contributed by atoms with Gasteiger partial charge in [-0.3, -0.25) is 4.79 Å². The van der Waals surface area contributed by atoms with Gasteiger partial charge in [-0.15, -0.1) is 0 Å². The Bertz CT molecular complexity index is 1210. The van der Waals surface area contributed by atoms with Gasteiger partial charge in [-0.05, 0) is 42.3 Å². The van der Waals surface area contributed by atoms with Gasteiger partial charge in [0.05, 0.1) is 11.9 Å². The van der Waals surface area contributed by atoms with E-state index in [0.717, 1.165) is 21.1 Å². The monoisotopic (exact) mass is 452 g/mol. The Morgan fingerprint density at radius 1 is 1.14 bits per heavy atom. The van der Waals surface area contributed by atoms with E-state index in [-0.39, 0.29) is 19.0 Å². The molecule has 0 amide bonds. The number of esters is 1. The molecule has 146 valence electrons. The SMILES string of the molecule is O=C(CCc1cnn(-c2ccccc2)c1)OCc1cc(=O)oc2cc(Br)ccc12. The second-order valence-corrected chi connectivity index (χ2v) is 7.44. The lowest BCUT2D eigenvalue weighted by molar-refractivity contribution is -0.144. The number of hydrogen-bond donors (Lipinski definition) is 0. The molecule has 4 rings (SSSR count). The number of fused-ring (bicyclic) bond motifs is 1. The minimum atomic E-state index is -0.477. The quantitative estimate of drug-likeness (QED) is 0.319. The summed E-state index contributed by atoms with van der Waals surface area (Å²) in [5.74, 6) is -0.337. The van der Waals surface area contributed by atoms with Gasteiger partial charge in [0.25, 0.3) is 0 Å². The molecule has 0 N–H and O–H groups in total. The topological polar surface area (TPSA) is 74.3 Å². The molecule has 0 aliphatic carbocycles. The van der Waals surface area contributed by atoms with Crippen molar-refractivity contribution in [2.45, 2.75) is 19.4 Å². The zero-order valence-electron chi connectivity index (χ0n) is 15.4. The predicted molar refractivity (Wildman–Crippen MR) is 112 cm³/mol. The Morgan fingerprint density at radius 3 is 2.79 bits per heavy atom. The molecule has 0 radical (unpaired) electrons. The fourth-order valence-electron chi connectivity index (χ4n) is 3.01. The zero-order valence-corrected chi connectivity index (χ0v) is 17.0.